The second-order valence-electron chi connectivity index (χ2n) is 16.6. The van der Waals surface area contributed by atoms with Crippen molar-refractivity contribution in [2.24, 2.45) is 5.92 Å². The number of carboxylic acids is 3. The molecule has 0 aliphatic carbocycles. The summed E-state index contributed by atoms with van der Waals surface area (Å²) in [7, 11) is 5.43. The van der Waals surface area contributed by atoms with Crippen molar-refractivity contribution in [3.63, 3.8) is 0 Å². The van der Waals surface area contributed by atoms with E-state index in [0.29, 0.717) is 57.4 Å². The summed E-state index contributed by atoms with van der Waals surface area (Å²) in [5.74, 6) is -4.35. The van der Waals surface area contributed by atoms with Crippen molar-refractivity contribution < 1.29 is 77.4 Å². The van der Waals surface area contributed by atoms with Gasteiger partial charge in [0.25, 0.3) is 0 Å². The van der Waals surface area contributed by atoms with E-state index in [2.05, 4.69) is 21.3 Å². The molecule has 0 aromatic heterocycles. The lowest BCUT2D eigenvalue weighted by molar-refractivity contribution is -0.143. The molecule has 3 amide bonds. The SMILES string of the molecule is [CH]N[C@@H](CCC)C(=O)CC[C@@H](CCCCNC(=O)COCCOCCNC(=O)COCCOCCCC(=O)CC[C@H](NC(=O)CCCCCCCCCOc1ccc(C(=O)O)cc1)C(=O)O)C(=O)O. The largest absolute Gasteiger partial charge is 0.494 e. The Bertz CT molecular complexity index is 1630. The van der Waals surface area contributed by atoms with Crippen LogP contribution in [0.5, 0.6) is 5.75 Å². The van der Waals surface area contributed by atoms with Gasteiger partial charge in [-0.3, -0.25) is 28.8 Å². The third kappa shape index (κ3) is 34.0. The average molecular weight is 979 g/mol. The van der Waals surface area contributed by atoms with E-state index in [4.69, 9.17) is 35.8 Å². The molecule has 0 aliphatic heterocycles. The van der Waals surface area contributed by atoms with Gasteiger partial charge >= 0.3 is 17.9 Å². The lowest BCUT2D eigenvalue weighted by Gasteiger charge is -2.16. The molecule has 0 bridgehead atoms. The van der Waals surface area contributed by atoms with Crippen LogP contribution in [0.15, 0.2) is 24.3 Å². The van der Waals surface area contributed by atoms with Gasteiger partial charge in [0, 0.05) is 52.4 Å². The van der Waals surface area contributed by atoms with Crippen LogP contribution in [0.3, 0.4) is 0 Å². The number of Topliss-reactive ketones (excluding diaryl/α,β-unsaturated/α-hetero) is 2. The van der Waals surface area contributed by atoms with Crippen LogP contribution in [0.25, 0.3) is 0 Å². The molecule has 0 aliphatic rings. The Kier molecular flexibility index (Phi) is 36.7. The Morgan fingerprint density at radius 2 is 1.14 bits per heavy atom. The molecule has 0 heterocycles. The first-order chi connectivity index (χ1) is 33.3. The molecule has 3 atom stereocenters. The maximum atomic E-state index is 12.4. The van der Waals surface area contributed by atoms with Crippen molar-refractivity contribution in [2.45, 2.75) is 141 Å². The number of aromatic carboxylic acids is 1. The maximum absolute atomic E-state index is 12.4. The first-order valence-electron chi connectivity index (χ1n) is 24.3. The molecule has 1 aromatic rings. The molecule has 0 saturated heterocycles. The van der Waals surface area contributed by atoms with Crippen LogP contribution in [-0.2, 0) is 52.5 Å². The first-order valence-corrected chi connectivity index (χ1v) is 24.3. The summed E-state index contributed by atoms with van der Waals surface area (Å²) in [4.78, 5) is 95.2. The highest BCUT2D eigenvalue weighted by atomic mass is 16.5. The zero-order valence-electron chi connectivity index (χ0n) is 40.5. The number of rotatable bonds is 47. The minimum atomic E-state index is -1.19. The third-order valence-corrected chi connectivity index (χ3v) is 10.8. The Balaban J connectivity index is 1.96. The highest BCUT2D eigenvalue weighted by Crippen LogP contribution is 2.18. The fourth-order valence-electron chi connectivity index (χ4n) is 6.87. The maximum Gasteiger partial charge on any atom is 0.335 e. The quantitative estimate of drug-likeness (QED) is 0.0349. The fourth-order valence-corrected chi connectivity index (χ4v) is 6.87. The zero-order valence-corrected chi connectivity index (χ0v) is 40.5. The van der Waals surface area contributed by atoms with Gasteiger partial charge in [0.2, 0.25) is 17.7 Å². The molecular formula is C49H78N4O16. The van der Waals surface area contributed by atoms with Crippen LogP contribution in [-0.4, -0.2) is 147 Å². The minimum Gasteiger partial charge on any atom is -0.494 e. The highest BCUT2D eigenvalue weighted by Gasteiger charge is 2.23. The van der Waals surface area contributed by atoms with E-state index >= 15 is 0 Å². The van der Waals surface area contributed by atoms with Crippen molar-refractivity contribution in [1.29, 1.82) is 0 Å². The topological polar surface area (TPSA) is 292 Å². The molecule has 20 nitrogen and oxygen atoms in total. The van der Waals surface area contributed by atoms with Gasteiger partial charge in [-0.15, -0.1) is 0 Å². The molecule has 20 heteroatoms. The molecule has 1 rings (SSSR count). The Hall–Kier alpha value is -5.02. The molecule has 7 N–H and O–H groups in total. The number of carboxylic acid groups (broad SMARTS) is 3. The summed E-state index contributed by atoms with van der Waals surface area (Å²) >= 11 is 0. The molecule has 0 spiro atoms. The van der Waals surface area contributed by atoms with E-state index in [1.54, 1.807) is 12.1 Å². The fraction of sp³-hybridized carbons (Fsp3) is 0.694. The molecule has 69 heavy (non-hydrogen) atoms. The van der Waals surface area contributed by atoms with Gasteiger partial charge in [-0.1, -0.05) is 51.9 Å². The zero-order chi connectivity index (χ0) is 50.9. The molecule has 0 unspecified atom stereocenters. The number of hydrogen-bond acceptors (Lipinski definition) is 14. The smallest absolute Gasteiger partial charge is 0.335 e. The number of hydrogen-bond donors (Lipinski definition) is 7. The van der Waals surface area contributed by atoms with Crippen LogP contribution in [0.1, 0.15) is 139 Å². The second kappa shape index (κ2) is 40.8. The molecule has 1 aromatic carbocycles. The van der Waals surface area contributed by atoms with Crippen LogP contribution < -0.4 is 26.0 Å². The average Bonchev–Trinajstić information content (AvgIpc) is 3.32. The van der Waals surface area contributed by atoms with Gasteiger partial charge in [-0.05, 0) is 75.6 Å². The van der Waals surface area contributed by atoms with Gasteiger partial charge in [0.05, 0.1) is 57.2 Å². The summed E-state index contributed by atoms with van der Waals surface area (Å²) in [6.45, 7) is 4.03. The lowest BCUT2D eigenvalue weighted by atomic mass is 9.93. The highest BCUT2D eigenvalue weighted by molar-refractivity contribution is 5.88. The number of ketones is 2. The number of benzene rings is 1. The predicted octanol–water partition coefficient (Wildman–Crippen LogP) is 4.53. The lowest BCUT2D eigenvalue weighted by Crippen LogP contribution is -2.41. The van der Waals surface area contributed by atoms with E-state index in [1.165, 1.54) is 12.1 Å². The van der Waals surface area contributed by atoms with Gasteiger partial charge in [-0.2, -0.15) is 0 Å². The Labute approximate surface area is 407 Å². The number of carbonyl (C=O) groups excluding carboxylic acids is 5. The minimum absolute atomic E-state index is 0.00115. The van der Waals surface area contributed by atoms with Crippen molar-refractivity contribution in [2.75, 3.05) is 72.6 Å². The number of unbranched alkanes of at least 4 members (excludes halogenated alkanes) is 7. The van der Waals surface area contributed by atoms with Gasteiger partial charge in [-0.25, -0.2) is 9.59 Å². The standard InChI is InChI=1S/C49H78N4O16/c1-3-14-41(50-2)43(55)25-20-37(47(59)60)15-10-11-26-51-45(57)35-68-34-32-66-30-27-52-46(58)36-67-33-31-65-28-13-16-39(54)21-24-42(49(63)64)53-44(56)17-9-7-5-4-6-8-12-29-69-40-22-18-38(19-23-40)48(61)62/h2,18-19,22-23,37,41-42,50H,3-17,20-21,24-36H2,1H3,(H,51,57)(H,52,58)(H,53,56)(H,59,60)(H,61,62)(H,63,64)/t37-,41+,42+/m1/s1. The Morgan fingerprint density at radius 1 is 0.536 bits per heavy atom. The first kappa shape index (κ1) is 62.0. The number of aliphatic carboxylic acids is 2. The van der Waals surface area contributed by atoms with Crippen molar-refractivity contribution in [3.05, 3.63) is 36.9 Å². The summed E-state index contributed by atoms with van der Waals surface area (Å²) in [6, 6.07) is 4.68. The van der Waals surface area contributed by atoms with Crippen LogP contribution in [0.4, 0.5) is 0 Å². The predicted molar refractivity (Wildman–Crippen MR) is 254 cm³/mol. The van der Waals surface area contributed by atoms with E-state index in [1.807, 2.05) is 6.92 Å². The van der Waals surface area contributed by atoms with Crippen molar-refractivity contribution >= 4 is 47.2 Å². The normalized spacial score (nSPS) is 12.4. The van der Waals surface area contributed by atoms with Gasteiger partial charge in [0.15, 0.2) is 0 Å². The molecule has 0 saturated carbocycles. The van der Waals surface area contributed by atoms with E-state index in [0.717, 1.165) is 44.9 Å². The monoisotopic (exact) mass is 979 g/mol. The van der Waals surface area contributed by atoms with E-state index in [-0.39, 0.29) is 133 Å². The summed E-state index contributed by atoms with van der Waals surface area (Å²) in [5, 5.41) is 38.4. The second-order valence-corrected chi connectivity index (χ2v) is 16.6. The van der Waals surface area contributed by atoms with Crippen molar-refractivity contribution in [3.8, 4) is 5.75 Å². The third-order valence-electron chi connectivity index (χ3n) is 10.8. The van der Waals surface area contributed by atoms with Crippen LogP contribution in [0, 0.1) is 13.0 Å². The molecular weight excluding hydrogens is 901 g/mol. The molecule has 2 radical (unpaired) electrons. The van der Waals surface area contributed by atoms with Gasteiger partial charge in [0.1, 0.15) is 36.6 Å². The summed E-state index contributed by atoms with van der Waals surface area (Å²) in [5.41, 5.74) is 0.212. The van der Waals surface area contributed by atoms with Crippen molar-refractivity contribution in [1.82, 2.24) is 21.3 Å². The van der Waals surface area contributed by atoms with E-state index in [9.17, 15) is 48.6 Å². The molecule has 390 valence electrons. The summed E-state index contributed by atoms with van der Waals surface area (Å²) < 4.78 is 27.1. The Morgan fingerprint density at radius 3 is 1.75 bits per heavy atom. The number of amides is 3. The van der Waals surface area contributed by atoms with Gasteiger partial charge < -0.3 is 60.3 Å². The number of ether oxygens (including phenoxy) is 5. The van der Waals surface area contributed by atoms with E-state index < -0.39 is 35.9 Å². The molecule has 0 fully saturated rings. The summed E-state index contributed by atoms with van der Waals surface area (Å²) in [6.07, 6.45) is 10.5. The van der Waals surface area contributed by atoms with Crippen LogP contribution in [0.2, 0.25) is 0 Å². The number of nitrogens with one attached hydrogen (secondary N) is 4. The van der Waals surface area contributed by atoms with Crippen LogP contribution >= 0.6 is 0 Å². The number of carbonyl (C=O) groups is 8.